The summed E-state index contributed by atoms with van der Waals surface area (Å²) >= 11 is 0. The molecule has 4 aromatic rings. The fourth-order valence-electron chi connectivity index (χ4n) is 4.58. The first kappa shape index (κ1) is 21.2. The third-order valence-corrected chi connectivity index (χ3v) is 6.33. The molecule has 5 rings (SSSR count). The molecule has 2 N–H and O–H groups in total. The molecule has 2 aromatic carbocycles. The number of fused-ring (bicyclic) bond motifs is 3. The van der Waals surface area contributed by atoms with Crippen LogP contribution in [0.4, 0.5) is 0 Å². The predicted octanol–water partition coefficient (Wildman–Crippen LogP) is 2.35. The minimum Gasteiger partial charge on any atom is -0.497 e. The number of methoxy groups -OCH3 is 2. The number of rotatable bonds is 6. The Morgan fingerprint density at radius 1 is 1.12 bits per heavy atom. The van der Waals surface area contributed by atoms with Gasteiger partial charge < -0.3 is 19.4 Å². The lowest BCUT2D eigenvalue weighted by atomic mass is 10.1. The summed E-state index contributed by atoms with van der Waals surface area (Å²) in [6.07, 6.45) is 7.02. The molecule has 0 spiro atoms. The molecule has 1 aliphatic rings. The number of H-pyrrole nitrogens is 1. The first-order chi connectivity index (χ1) is 16.2. The molecule has 8 nitrogen and oxygen atoms in total. The highest BCUT2D eigenvalue weighted by Crippen LogP contribution is 2.25. The van der Waals surface area contributed by atoms with Crippen LogP contribution in [0.3, 0.4) is 0 Å². The van der Waals surface area contributed by atoms with Crippen LogP contribution in [-0.2, 0) is 6.54 Å². The van der Waals surface area contributed by atoms with Crippen molar-refractivity contribution < 1.29 is 14.4 Å². The van der Waals surface area contributed by atoms with Gasteiger partial charge in [-0.05, 0) is 61.2 Å². The molecule has 2 aromatic heterocycles. The van der Waals surface area contributed by atoms with E-state index in [1.165, 1.54) is 43.4 Å². The van der Waals surface area contributed by atoms with Crippen LogP contribution in [0.2, 0.25) is 0 Å². The Kier molecular flexibility index (Phi) is 5.83. The second-order valence-electron chi connectivity index (χ2n) is 8.46. The number of ether oxygens (including phenoxy) is 2. The van der Waals surface area contributed by atoms with Gasteiger partial charge in [-0.1, -0.05) is 0 Å². The zero-order valence-electron chi connectivity index (χ0n) is 18.9. The van der Waals surface area contributed by atoms with Crippen molar-refractivity contribution in [1.82, 2.24) is 14.6 Å². The van der Waals surface area contributed by atoms with E-state index in [9.17, 15) is 4.79 Å². The standard InChI is InChI=1S/C25H27N5O3/c1-32-19-7-8-21-20(13-19)23-24(28-21)25(31)30(16-26-23)27-14-17-6-9-22(33-2)18(12-17)15-29-10-4-3-5-11-29/h6-9,12-14,16,28H,3-5,10-11,15H2,1-2H3/p+1/b27-14-. The lowest BCUT2D eigenvalue weighted by Crippen LogP contribution is -3.11. The lowest BCUT2D eigenvalue weighted by Gasteiger charge is -2.24. The fraction of sp³-hybridized carbons (Fsp3) is 0.320. The Morgan fingerprint density at radius 3 is 2.76 bits per heavy atom. The van der Waals surface area contributed by atoms with Gasteiger partial charge in [-0.2, -0.15) is 9.78 Å². The number of aromatic amines is 1. The Balaban J connectivity index is 1.45. The van der Waals surface area contributed by atoms with Gasteiger partial charge >= 0.3 is 0 Å². The van der Waals surface area contributed by atoms with Crippen LogP contribution in [0.1, 0.15) is 30.4 Å². The number of likely N-dealkylation sites (tertiary alicyclic amines) is 1. The molecule has 0 amide bonds. The molecule has 0 unspecified atom stereocenters. The molecule has 0 aliphatic carbocycles. The van der Waals surface area contributed by atoms with Gasteiger partial charge in [0.25, 0.3) is 5.56 Å². The second kappa shape index (κ2) is 9.07. The molecule has 33 heavy (non-hydrogen) atoms. The molecule has 3 heterocycles. The van der Waals surface area contributed by atoms with Crippen LogP contribution in [0.15, 0.2) is 52.6 Å². The average Bonchev–Trinajstić information content (AvgIpc) is 3.23. The predicted molar refractivity (Wildman–Crippen MR) is 129 cm³/mol. The maximum Gasteiger partial charge on any atom is 0.298 e. The minimum absolute atomic E-state index is 0.252. The summed E-state index contributed by atoms with van der Waals surface area (Å²) in [7, 11) is 3.32. The van der Waals surface area contributed by atoms with Crippen molar-refractivity contribution in [2.45, 2.75) is 25.8 Å². The molecular weight excluding hydrogens is 418 g/mol. The van der Waals surface area contributed by atoms with Crippen molar-refractivity contribution in [3.05, 3.63) is 64.2 Å². The monoisotopic (exact) mass is 446 g/mol. The Labute approximate surface area is 191 Å². The van der Waals surface area contributed by atoms with E-state index < -0.39 is 0 Å². The third-order valence-electron chi connectivity index (χ3n) is 6.33. The van der Waals surface area contributed by atoms with Crippen molar-refractivity contribution in [3.63, 3.8) is 0 Å². The maximum atomic E-state index is 13.0. The lowest BCUT2D eigenvalue weighted by molar-refractivity contribution is -0.918. The molecule has 0 radical (unpaired) electrons. The molecule has 1 fully saturated rings. The second-order valence-corrected chi connectivity index (χ2v) is 8.46. The summed E-state index contributed by atoms with van der Waals surface area (Å²) < 4.78 is 12.1. The highest BCUT2D eigenvalue weighted by molar-refractivity contribution is 6.04. The van der Waals surface area contributed by atoms with E-state index in [0.717, 1.165) is 34.3 Å². The van der Waals surface area contributed by atoms with E-state index >= 15 is 0 Å². The zero-order chi connectivity index (χ0) is 22.8. The highest BCUT2D eigenvalue weighted by Gasteiger charge is 2.17. The first-order valence-electron chi connectivity index (χ1n) is 11.3. The number of hydrogen-bond donors (Lipinski definition) is 2. The van der Waals surface area contributed by atoms with E-state index in [2.05, 4.69) is 21.1 Å². The van der Waals surface area contributed by atoms with Gasteiger partial charge in [0.1, 0.15) is 35.4 Å². The van der Waals surface area contributed by atoms with E-state index in [1.54, 1.807) is 25.3 Å². The SMILES string of the molecule is COc1ccc2[nH]c3c(=O)n(/N=C\c4ccc(OC)c(C[NH+]5CCCCC5)c4)cnc3c2c1. The molecule has 8 heteroatoms. The van der Waals surface area contributed by atoms with Crippen molar-refractivity contribution in [3.8, 4) is 11.5 Å². The Morgan fingerprint density at radius 2 is 1.97 bits per heavy atom. The van der Waals surface area contributed by atoms with Crippen molar-refractivity contribution in [2.75, 3.05) is 27.3 Å². The van der Waals surface area contributed by atoms with E-state index in [1.807, 2.05) is 30.3 Å². The molecular formula is C25H28N5O3+. The molecule has 1 saturated heterocycles. The topological polar surface area (TPSA) is 85.9 Å². The number of quaternary nitrogens is 1. The van der Waals surface area contributed by atoms with Crippen LogP contribution in [0, 0.1) is 0 Å². The van der Waals surface area contributed by atoms with Crippen molar-refractivity contribution in [2.24, 2.45) is 5.10 Å². The van der Waals surface area contributed by atoms with Crippen LogP contribution >= 0.6 is 0 Å². The van der Waals surface area contributed by atoms with Gasteiger partial charge in [0.2, 0.25) is 0 Å². The van der Waals surface area contributed by atoms with Crippen LogP contribution < -0.4 is 19.9 Å². The fourth-order valence-corrected chi connectivity index (χ4v) is 4.58. The van der Waals surface area contributed by atoms with E-state index in [4.69, 9.17) is 9.47 Å². The summed E-state index contributed by atoms with van der Waals surface area (Å²) in [4.78, 5) is 22.2. The number of benzene rings is 2. The first-order valence-corrected chi connectivity index (χ1v) is 11.3. The highest BCUT2D eigenvalue weighted by atomic mass is 16.5. The van der Waals surface area contributed by atoms with Gasteiger partial charge in [-0.25, -0.2) is 4.98 Å². The van der Waals surface area contributed by atoms with Crippen molar-refractivity contribution in [1.29, 1.82) is 0 Å². The number of piperidine rings is 1. The van der Waals surface area contributed by atoms with Gasteiger partial charge in [-0.3, -0.25) is 4.79 Å². The largest absolute Gasteiger partial charge is 0.497 e. The quantitative estimate of drug-likeness (QED) is 0.445. The molecule has 0 bridgehead atoms. The normalized spacial score (nSPS) is 15.0. The number of nitrogens with one attached hydrogen (secondary N) is 2. The van der Waals surface area contributed by atoms with Crippen LogP contribution in [0.5, 0.6) is 11.5 Å². The van der Waals surface area contributed by atoms with Crippen LogP contribution in [-0.4, -0.2) is 48.2 Å². The van der Waals surface area contributed by atoms with Crippen molar-refractivity contribution >= 4 is 28.2 Å². The summed E-state index contributed by atoms with van der Waals surface area (Å²) in [5.74, 6) is 1.60. The summed E-state index contributed by atoms with van der Waals surface area (Å²) in [5.41, 5.74) is 3.67. The molecule has 0 saturated carbocycles. The maximum absolute atomic E-state index is 13.0. The Hall–Kier alpha value is -3.65. The molecule has 170 valence electrons. The van der Waals surface area contributed by atoms with E-state index in [-0.39, 0.29) is 5.56 Å². The summed E-state index contributed by atoms with van der Waals surface area (Å²) in [6, 6.07) is 11.6. The van der Waals surface area contributed by atoms with Crippen LogP contribution in [0.25, 0.3) is 21.9 Å². The van der Waals surface area contributed by atoms with Gasteiger partial charge in [-0.15, -0.1) is 0 Å². The number of hydrogen-bond acceptors (Lipinski definition) is 5. The smallest absolute Gasteiger partial charge is 0.298 e. The summed E-state index contributed by atoms with van der Waals surface area (Å²) in [6.45, 7) is 3.31. The minimum atomic E-state index is -0.252. The number of nitrogens with zero attached hydrogens (tertiary/aromatic N) is 3. The number of aromatic nitrogens is 3. The summed E-state index contributed by atoms with van der Waals surface area (Å²) in [5, 5.41) is 5.24. The third kappa shape index (κ3) is 4.21. The molecule has 1 aliphatic heterocycles. The van der Waals surface area contributed by atoms with Gasteiger partial charge in [0.15, 0.2) is 0 Å². The molecule has 0 atom stereocenters. The van der Waals surface area contributed by atoms with Gasteiger partial charge in [0, 0.05) is 16.5 Å². The Bertz CT molecular complexity index is 1380. The van der Waals surface area contributed by atoms with E-state index in [0.29, 0.717) is 16.8 Å². The van der Waals surface area contributed by atoms with Gasteiger partial charge in [0.05, 0.1) is 33.5 Å². The zero-order valence-corrected chi connectivity index (χ0v) is 18.9. The average molecular weight is 447 g/mol.